The van der Waals surface area contributed by atoms with E-state index in [1.54, 1.807) is 13.8 Å². The first-order valence-corrected chi connectivity index (χ1v) is 2.72. The molecule has 4 heteroatoms. The number of aliphatic hydroxyl groups excluding tert-OH is 1. The van der Waals surface area contributed by atoms with Gasteiger partial charge in [-0.05, 0) is 13.8 Å². The predicted octanol–water partition coefficient (Wildman–Crippen LogP) is 0.100. The Hall–Kier alpha value is -0.770. The van der Waals surface area contributed by atoms with Crippen LogP contribution in [0.15, 0.2) is 0 Å². The van der Waals surface area contributed by atoms with Gasteiger partial charge in [0.15, 0.2) is 0 Å². The number of nitrogens with two attached hydrogens (primary N) is 1. The maximum atomic E-state index is 9.60. The van der Waals surface area contributed by atoms with Crippen LogP contribution < -0.4 is 5.73 Å². The number of ether oxygens (including phenoxy) is 1. The molecule has 3 N–H and O–H groups in total. The molecular formula is C5H13NO3. The van der Waals surface area contributed by atoms with Crippen LogP contribution >= 0.6 is 0 Å². The van der Waals surface area contributed by atoms with Crippen LogP contribution in [0.25, 0.3) is 0 Å². The number of rotatable bonds is 1. The largest absolute Gasteiger partial charge is 0.450 e. The first-order chi connectivity index (χ1) is 4.18. The van der Waals surface area contributed by atoms with Crippen molar-refractivity contribution in [2.45, 2.75) is 13.8 Å². The second-order valence-corrected chi connectivity index (χ2v) is 1.07. The van der Waals surface area contributed by atoms with Crippen LogP contribution in [-0.4, -0.2) is 24.4 Å². The van der Waals surface area contributed by atoms with E-state index in [0.29, 0.717) is 6.61 Å². The molecule has 0 unspecified atom stereocenters. The Morgan fingerprint density at radius 3 is 2.00 bits per heavy atom. The minimum absolute atomic E-state index is 0.250. The summed E-state index contributed by atoms with van der Waals surface area (Å²) in [7, 11) is 0. The van der Waals surface area contributed by atoms with Crippen LogP contribution in [0.3, 0.4) is 0 Å². The van der Waals surface area contributed by atoms with Gasteiger partial charge in [0.25, 0.3) is 0 Å². The lowest BCUT2D eigenvalue weighted by molar-refractivity contribution is 0.163. The topological polar surface area (TPSA) is 72.6 Å². The summed E-state index contributed by atoms with van der Waals surface area (Å²) in [5.74, 6) is 0. The van der Waals surface area contributed by atoms with Crippen molar-refractivity contribution in [1.29, 1.82) is 0 Å². The monoisotopic (exact) mass is 135 g/mol. The van der Waals surface area contributed by atoms with Crippen molar-refractivity contribution in [3.63, 3.8) is 0 Å². The molecule has 0 radical (unpaired) electrons. The minimum Gasteiger partial charge on any atom is -0.450 e. The molecule has 0 bridgehead atoms. The van der Waals surface area contributed by atoms with Gasteiger partial charge in [0.1, 0.15) is 0 Å². The molecule has 0 saturated carbocycles. The molecule has 0 atom stereocenters. The molecule has 1 amide bonds. The lowest BCUT2D eigenvalue weighted by Crippen LogP contribution is -2.11. The van der Waals surface area contributed by atoms with Gasteiger partial charge in [-0.1, -0.05) is 0 Å². The zero-order valence-corrected chi connectivity index (χ0v) is 5.76. The Kier molecular flexibility index (Phi) is 12.6. The Balaban J connectivity index is 0. The fourth-order valence-electron chi connectivity index (χ4n) is 0.142. The number of carbonyl (C=O) groups is 1. The zero-order chi connectivity index (χ0) is 7.70. The van der Waals surface area contributed by atoms with E-state index in [0.717, 1.165) is 0 Å². The summed E-state index contributed by atoms with van der Waals surface area (Å²) < 4.78 is 4.18. The molecule has 0 aliphatic heterocycles. The Morgan fingerprint density at radius 2 is 2.00 bits per heavy atom. The van der Waals surface area contributed by atoms with Crippen molar-refractivity contribution in [2.24, 2.45) is 5.73 Å². The summed E-state index contributed by atoms with van der Waals surface area (Å²) in [6.45, 7) is 3.99. The molecule has 0 saturated heterocycles. The molecule has 0 heterocycles. The highest BCUT2D eigenvalue weighted by Crippen LogP contribution is 1.66. The summed E-state index contributed by atoms with van der Waals surface area (Å²) in [6, 6.07) is 0. The van der Waals surface area contributed by atoms with E-state index in [-0.39, 0.29) is 6.61 Å². The second-order valence-electron chi connectivity index (χ2n) is 1.07. The highest BCUT2D eigenvalue weighted by Gasteiger charge is 1.82. The van der Waals surface area contributed by atoms with Crippen LogP contribution in [0.4, 0.5) is 4.79 Å². The fraction of sp³-hybridized carbons (Fsp3) is 0.800. The van der Waals surface area contributed by atoms with E-state index in [1.165, 1.54) is 0 Å². The summed E-state index contributed by atoms with van der Waals surface area (Å²) in [5, 5.41) is 7.57. The molecule has 0 spiro atoms. The van der Waals surface area contributed by atoms with Gasteiger partial charge in [-0.15, -0.1) is 0 Å². The molecule has 0 aliphatic rings. The van der Waals surface area contributed by atoms with E-state index < -0.39 is 6.09 Å². The molecular weight excluding hydrogens is 122 g/mol. The quantitative estimate of drug-likeness (QED) is 0.535. The van der Waals surface area contributed by atoms with Crippen molar-refractivity contribution in [3.05, 3.63) is 0 Å². The average molecular weight is 135 g/mol. The Bertz CT molecular complexity index is 65.2. The van der Waals surface area contributed by atoms with Gasteiger partial charge in [0.2, 0.25) is 0 Å². The number of hydrogen-bond acceptors (Lipinski definition) is 3. The van der Waals surface area contributed by atoms with Gasteiger partial charge < -0.3 is 15.6 Å². The van der Waals surface area contributed by atoms with E-state index in [9.17, 15) is 4.79 Å². The van der Waals surface area contributed by atoms with Crippen molar-refractivity contribution >= 4 is 6.09 Å². The molecule has 0 fully saturated rings. The van der Waals surface area contributed by atoms with Crippen LogP contribution in [0.5, 0.6) is 0 Å². The second kappa shape index (κ2) is 10.3. The standard InChI is InChI=1S/C3H7NO2.C2H6O/c1-2-6-3(4)5;1-2-3/h2H2,1H3,(H2,4,5);3H,2H2,1H3. The van der Waals surface area contributed by atoms with Gasteiger partial charge in [-0.2, -0.15) is 0 Å². The molecule has 0 aromatic heterocycles. The fourth-order valence-corrected chi connectivity index (χ4v) is 0.142. The lowest BCUT2D eigenvalue weighted by atomic mass is 10.9. The van der Waals surface area contributed by atoms with Crippen molar-refractivity contribution in [2.75, 3.05) is 13.2 Å². The van der Waals surface area contributed by atoms with E-state index in [1.807, 2.05) is 0 Å². The zero-order valence-electron chi connectivity index (χ0n) is 5.76. The number of amides is 1. The molecule has 4 nitrogen and oxygen atoms in total. The van der Waals surface area contributed by atoms with E-state index in [4.69, 9.17) is 5.11 Å². The maximum Gasteiger partial charge on any atom is 0.404 e. The number of hydrogen-bond donors (Lipinski definition) is 2. The normalized spacial score (nSPS) is 7.00. The Labute approximate surface area is 54.6 Å². The van der Waals surface area contributed by atoms with Gasteiger partial charge >= 0.3 is 6.09 Å². The van der Waals surface area contributed by atoms with E-state index >= 15 is 0 Å². The van der Waals surface area contributed by atoms with Gasteiger partial charge in [0, 0.05) is 6.61 Å². The summed E-state index contributed by atoms with van der Waals surface area (Å²) >= 11 is 0. The third-order valence-corrected chi connectivity index (χ3v) is 0.287. The number of carbonyl (C=O) groups excluding carboxylic acids is 1. The van der Waals surface area contributed by atoms with Crippen molar-refractivity contribution in [1.82, 2.24) is 0 Å². The third kappa shape index (κ3) is 39.8. The van der Waals surface area contributed by atoms with Crippen LogP contribution in [-0.2, 0) is 4.74 Å². The first kappa shape index (κ1) is 11.1. The van der Waals surface area contributed by atoms with Crippen LogP contribution in [0, 0.1) is 0 Å². The lowest BCUT2D eigenvalue weighted by Gasteiger charge is -1.89. The number of aliphatic hydroxyl groups is 1. The van der Waals surface area contributed by atoms with Gasteiger partial charge in [-0.25, -0.2) is 4.79 Å². The SMILES string of the molecule is CCO.CCOC(N)=O. The number of primary amides is 1. The molecule has 0 aromatic rings. The molecule has 0 rings (SSSR count). The maximum absolute atomic E-state index is 9.60. The van der Waals surface area contributed by atoms with Crippen LogP contribution in [0.2, 0.25) is 0 Å². The van der Waals surface area contributed by atoms with Crippen LogP contribution in [0.1, 0.15) is 13.8 Å². The van der Waals surface area contributed by atoms with Crippen molar-refractivity contribution in [3.8, 4) is 0 Å². The predicted molar refractivity (Wildman–Crippen MR) is 34.0 cm³/mol. The average Bonchev–Trinajstić information content (AvgIpc) is 1.67. The van der Waals surface area contributed by atoms with E-state index in [2.05, 4.69) is 10.5 Å². The first-order valence-electron chi connectivity index (χ1n) is 2.72. The Morgan fingerprint density at radius 1 is 1.67 bits per heavy atom. The highest BCUT2D eigenvalue weighted by atomic mass is 16.5. The summed E-state index contributed by atoms with van der Waals surface area (Å²) in [4.78, 5) is 9.60. The van der Waals surface area contributed by atoms with Gasteiger partial charge in [0.05, 0.1) is 6.61 Å². The highest BCUT2D eigenvalue weighted by molar-refractivity contribution is 5.64. The van der Waals surface area contributed by atoms with Crippen molar-refractivity contribution < 1.29 is 14.6 Å². The third-order valence-electron chi connectivity index (χ3n) is 0.287. The van der Waals surface area contributed by atoms with Gasteiger partial charge in [-0.3, -0.25) is 0 Å². The molecule has 0 aliphatic carbocycles. The summed E-state index contributed by atoms with van der Waals surface area (Å²) in [6.07, 6.45) is -0.711. The molecule has 0 aromatic carbocycles. The smallest absolute Gasteiger partial charge is 0.404 e. The summed E-state index contributed by atoms with van der Waals surface area (Å²) in [5.41, 5.74) is 4.54. The minimum atomic E-state index is -0.711. The molecule has 9 heavy (non-hydrogen) atoms. The molecule has 56 valence electrons.